The molecular weight excluding hydrogens is 244 g/mol. The van der Waals surface area contributed by atoms with Gasteiger partial charge < -0.3 is 10.2 Å². The van der Waals surface area contributed by atoms with Crippen molar-refractivity contribution < 1.29 is 0 Å². The highest BCUT2D eigenvalue weighted by Crippen LogP contribution is 2.38. The van der Waals surface area contributed by atoms with Gasteiger partial charge in [-0.25, -0.2) is 0 Å². The SMILES string of the molecule is CC1CCCCC1CN1CCC2(CCNC2)C1.Cl. The van der Waals surface area contributed by atoms with Crippen molar-refractivity contribution in [2.75, 3.05) is 32.7 Å². The number of hydrogen-bond acceptors (Lipinski definition) is 2. The summed E-state index contributed by atoms with van der Waals surface area (Å²) in [6, 6.07) is 0. The van der Waals surface area contributed by atoms with Crippen molar-refractivity contribution in [1.29, 1.82) is 0 Å². The van der Waals surface area contributed by atoms with Crippen molar-refractivity contribution in [3.63, 3.8) is 0 Å². The van der Waals surface area contributed by atoms with Crippen LogP contribution in [0.15, 0.2) is 0 Å². The Morgan fingerprint density at radius 1 is 1.22 bits per heavy atom. The first-order valence-electron chi connectivity index (χ1n) is 7.71. The van der Waals surface area contributed by atoms with Gasteiger partial charge >= 0.3 is 0 Å². The summed E-state index contributed by atoms with van der Waals surface area (Å²) in [7, 11) is 0. The van der Waals surface area contributed by atoms with E-state index in [9.17, 15) is 0 Å². The predicted octanol–water partition coefficient (Wildman–Crippen LogP) is 2.92. The Morgan fingerprint density at radius 2 is 2.06 bits per heavy atom. The van der Waals surface area contributed by atoms with Gasteiger partial charge in [0.2, 0.25) is 0 Å². The van der Waals surface area contributed by atoms with E-state index in [1.165, 1.54) is 71.2 Å². The first kappa shape index (κ1) is 14.6. The van der Waals surface area contributed by atoms with Crippen LogP contribution in [0, 0.1) is 17.3 Å². The van der Waals surface area contributed by atoms with Crippen LogP contribution in [0.3, 0.4) is 0 Å². The number of nitrogens with one attached hydrogen (secondary N) is 1. The van der Waals surface area contributed by atoms with E-state index in [1.807, 2.05) is 0 Å². The zero-order chi connectivity index (χ0) is 11.7. The fourth-order valence-electron chi connectivity index (χ4n) is 4.32. The molecule has 0 bridgehead atoms. The molecule has 0 amide bonds. The molecule has 1 spiro atoms. The van der Waals surface area contributed by atoms with Gasteiger partial charge in [-0.05, 0) is 49.6 Å². The van der Waals surface area contributed by atoms with E-state index in [0.717, 1.165) is 11.8 Å². The molecule has 2 nitrogen and oxygen atoms in total. The maximum absolute atomic E-state index is 3.56. The molecule has 106 valence electrons. The summed E-state index contributed by atoms with van der Waals surface area (Å²) >= 11 is 0. The molecule has 3 unspecified atom stereocenters. The lowest BCUT2D eigenvalue weighted by molar-refractivity contribution is 0.168. The Balaban J connectivity index is 0.00000120. The second kappa shape index (κ2) is 6.11. The Morgan fingerprint density at radius 3 is 2.78 bits per heavy atom. The highest BCUT2D eigenvalue weighted by Gasteiger charge is 2.40. The molecule has 1 saturated carbocycles. The van der Waals surface area contributed by atoms with Crippen molar-refractivity contribution in [3.8, 4) is 0 Å². The summed E-state index contributed by atoms with van der Waals surface area (Å²) in [5.41, 5.74) is 0.665. The molecule has 2 saturated heterocycles. The number of nitrogens with zero attached hydrogens (tertiary/aromatic N) is 1. The number of likely N-dealkylation sites (tertiary alicyclic amines) is 1. The first-order chi connectivity index (χ1) is 8.27. The zero-order valence-electron chi connectivity index (χ0n) is 11.8. The molecule has 3 atom stereocenters. The lowest BCUT2D eigenvalue weighted by Crippen LogP contribution is -2.35. The molecule has 3 aliphatic rings. The van der Waals surface area contributed by atoms with E-state index in [-0.39, 0.29) is 12.4 Å². The average molecular weight is 273 g/mol. The molecule has 0 aromatic carbocycles. The third-order valence-electron chi connectivity index (χ3n) is 5.63. The maximum Gasteiger partial charge on any atom is 0.00512 e. The number of hydrogen-bond donors (Lipinski definition) is 1. The van der Waals surface area contributed by atoms with Crippen molar-refractivity contribution >= 4 is 12.4 Å². The molecule has 18 heavy (non-hydrogen) atoms. The van der Waals surface area contributed by atoms with Crippen LogP contribution in [-0.4, -0.2) is 37.6 Å². The van der Waals surface area contributed by atoms with Gasteiger partial charge in [-0.15, -0.1) is 12.4 Å². The Hall–Kier alpha value is 0.210. The summed E-state index contributed by atoms with van der Waals surface area (Å²) in [5.74, 6) is 1.97. The van der Waals surface area contributed by atoms with Crippen molar-refractivity contribution in [3.05, 3.63) is 0 Å². The third-order valence-corrected chi connectivity index (χ3v) is 5.63. The maximum atomic E-state index is 3.56. The molecule has 1 N–H and O–H groups in total. The molecule has 0 radical (unpaired) electrons. The van der Waals surface area contributed by atoms with E-state index in [4.69, 9.17) is 0 Å². The lowest BCUT2D eigenvalue weighted by atomic mass is 9.80. The summed E-state index contributed by atoms with van der Waals surface area (Å²) in [4.78, 5) is 2.78. The van der Waals surface area contributed by atoms with Gasteiger partial charge in [-0.1, -0.05) is 26.2 Å². The molecule has 0 aromatic heterocycles. The summed E-state index contributed by atoms with van der Waals surface area (Å²) in [5, 5.41) is 3.56. The van der Waals surface area contributed by atoms with Crippen LogP contribution < -0.4 is 5.32 Å². The van der Waals surface area contributed by atoms with Gasteiger partial charge in [-0.2, -0.15) is 0 Å². The largest absolute Gasteiger partial charge is 0.316 e. The molecule has 2 heterocycles. The van der Waals surface area contributed by atoms with Crippen LogP contribution in [0.1, 0.15) is 45.4 Å². The van der Waals surface area contributed by atoms with Gasteiger partial charge in [0.15, 0.2) is 0 Å². The number of rotatable bonds is 2. The van der Waals surface area contributed by atoms with Crippen LogP contribution in [0.5, 0.6) is 0 Å². The standard InChI is InChI=1S/C15H28N2.ClH/c1-13-4-2-3-5-14(13)10-17-9-7-15(12-17)6-8-16-11-15;/h13-14,16H,2-12H2,1H3;1H. The molecule has 2 aliphatic heterocycles. The number of halogens is 1. The van der Waals surface area contributed by atoms with E-state index >= 15 is 0 Å². The fraction of sp³-hybridized carbons (Fsp3) is 1.00. The van der Waals surface area contributed by atoms with Gasteiger partial charge in [0.1, 0.15) is 0 Å². The van der Waals surface area contributed by atoms with E-state index in [1.54, 1.807) is 0 Å². The van der Waals surface area contributed by atoms with Crippen LogP contribution in [0.2, 0.25) is 0 Å². The Labute approximate surface area is 118 Å². The molecule has 3 heteroatoms. The summed E-state index contributed by atoms with van der Waals surface area (Å²) in [6.45, 7) is 9.15. The van der Waals surface area contributed by atoms with Crippen LogP contribution in [0.4, 0.5) is 0 Å². The third kappa shape index (κ3) is 3.02. The van der Waals surface area contributed by atoms with Crippen molar-refractivity contribution in [2.45, 2.75) is 45.4 Å². The Kier molecular flexibility index (Phi) is 4.96. The van der Waals surface area contributed by atoms with Crippen LogP contribution >= 0.6 is 12.4 Å². The minimum atomic E-state index is 0. The fourth-order valence-corrected chi connectivity index (χ4v) is 4.32. The second-order valence-corrected chi connectivity index (χ2v) is 6.93. The van der Waals surface area contributed by atoms with Gasteiger partial charge in [0.05, 0.1) is 0 Å². The monoisotopic (exact) mass is 272 g/mol. The van der Waals surface area contributed by atoms with Gasteiger partial charge in [0, 0.05) is 19.6 Å². The van der Waals surface area contributed by atoms with Crippen LogP contribution in [-0.2, 0) is 0 Å². The molecule has 3 fully saturated rings. The summed E-state index contributed by atoms with van der Waals surface area (Å²) < 4.78 is 0. The van der Waals surface area contributed by atoms with E-state index in [2.05, 4.69) is 17.1 Å². The second-order valence-electron chi connectivity index (χ2n) is 6.93. The average Bonchev–Trinajstić information content (AvgIpc) is 2.94. The topological polar surface area (TPSA) is 15.3 Å². The van der Waals surface area contributed by atoms with Gasteiger partial charge in [-0.3, -0.25) is 0 Å². The lowest BCUT2D eigenvalue weighted by Gasteiger charge is -2.33. The molecule has 0 aromatic rings. The normalized spacial score (nSPS) is 41.2. The van der Waals surface area contributed by atoms with E-state index < -0.39 is 0 Å². The predicted molar refractivity (Wildman–Crippen MR) is 79.3 cm³/mol. The zero-order valence-corrected chi connectivity index (χ0v) is 12.6. The quantitative estimate of drug-likeness (QED) is 0.832. The molecule has 1 aliphatic carbocycles. The highest BCUT2D eigenvalue weighted by atomic mass is 35.5. The molecular formula is C15H29ClN2. The van der Waals surface area contributed by atoms with Crippen molar-refractivity contribution in [1.82, 2.24) is 10.2 Å². The molecule has 3 rings (SSSR count). The van der Waals surface area contributed by atoms with Crippen molar-refractivity contribution in [2.24, 2.45) is 17.3 Å². The highest BCUT2D eigenvalue weighted by molar-refractivity contribution is 5.85. The smallest absolute Gasteiger partial charge is 0.00512 e. The Bertz CT molecular complexity index is 263. The first-order valence-corrected chi connectivity index (χ1v) is 7.71. The van der Waals surface area contributed by atoms with Crippen LogP contribution in [0.25, 0.3) is 0 Å². The van der Waals surface area contributed by atoms with Gasteiger partial charge in [0.25, 0.3) is 0 Å². The van der Waals surface area contributed by atoms with E-state index in [0.29, 0.717) is 5.41 Å². The minimum absolute atomic E-state index is 0. The minimum Gasteiger partial charge on any atom is -0.316 e. The summed E-state index contributed by atoms with van der Waals surface area (Å²) in [6.07, 6.45) is 8.79.